The van der Waals surface area contributed by atoms with Crippen molar-refractivity contribution in [3.8, 4) is 5.75 Å². The minimum absolute atomic E-state index is 0.344. The van der Waals surface area contributed by atoms with Gasteiger partial charge in [-0.1, -0.05) is 6.07 Å². The van der Waals surface area contributed by atoms with Crippen molar-refractivity contribution in [1.29, 1.82) is 0 Å². The van der Waals surface area contributed by atoms with E-state index in [1.54, 1.807) is 24.5 Å². The van der Waals surface area contributed by atoms with Crippen molar-refractivity contribution in [3.63, 3.8) is 0 Å². The number of hydrogen-bond acceptors (Lipinski definition) is 3. The normalized spacial score (nSPS) is 15.0. The van der Waals surface area contributed by atoms with Crippen LogP contribution in [0.1, 0.15) is 35.1 Å². The summed E-state index contributed by atoms with van der Waals surface area (Å²) in [5, 5.41) is 3.02. The molecule has 118 valence electrons. The molecule has 0 fully saturated rings. The maximum absolute atomic E-state index is 12.2. The highest BCUT2D eigenvalue weighted by atomic mass is 16.7. The molecule has 0 radical (unpaired) electrons. The standard InChI is InChI=1S/C18H19N3O2/c22-18(21-23-14-6-3-9-19-11-14)20-17-15-7-1-4-12(15)10-13-5-2-8-16(13)17/h3,6,9-11H,1-2,4-5,7-8H2,(H2,20,21,22). The van der Waals surface area contributed by atoms with Crippen LogP contribution in [0.25, 0.3) is 0 Å². The SMILES string of the molecule is O=C(NOc1cccnc1)Nc1c2c(cc3c1CCC3)CCC2. The Morgan fingerprint density at radius 2 is 1.83 bits per heavy atom. The molecule has 23 heavy (non-hydrogen) atoms. The van der Waals surface area contributed by atoms with Gasteiger partial charge in [0.15, 0.2) is 5.75 Å². The molecule has 1 aromatic carbocycles. The summed E-state index contributed by atoms with van der Waals surface area (Å²) in [5.41, 5.74) is 8.86. The van der Waals surface area contributed by atoms with Gasteiger partial charge in [0.1, 0.15) is 0 Å². The summed E-state index contributed by atoms with van der Waals surface area (Å²) < 4.78 is 0. The van der Waals surface area contributed by atoms with E-state index in [2.05, 4.69) is 21.8 Å². The topological polar surface area (TPSA) is 63.2 Å². The lowest BCUT2D eigenvalue weighted by Gasteiger charge is -2.16. The summed E-state index contributed by atoms with van der Waals surface area (Å²) in [5.74, 6) is 0.506. The zero-order chi connectivity index (χ0) is 15.6. The van der Waals surface area contributed by atoms with Crippen LogP contribution in [-0.2, 0) is 25.7 Å². The number of rotatable bonds is 3. The monoisotopic (exact) mass is 309 g/mol. The van der Waals surface area contributed by atoms with E-state index in [0.29, 0.717) is 5.75 Å². The third-order valence-corrected chi connectivity index (χ3v) is 4.61. The van der Waals surface area contributed by atoms with Crippen LogP contribution in [0.3, 0.4) is 0 Å². The van der Waals surface area contributed by atoms with Crippen LogP contribution in [0.15, 0.2) is 30.6 Å². The molecule has 0 saturated heterocycles. The third kappa shape index (κ3) is 2.74. The van der Waals surface area contributed by atoms with E-state index in [1.807, 2.05) is 0 Å². The number of aromatic nitrogens is 1. The minimum Gasteiger partial charge on any atom is -0.376 e. The van der Waals surface area contributed by atoms with E-state index < -0.39 is 0 Å². The summed E-state index contributed by atoms with van der Waals surface area (Å²) in [7, 11) is 0. The third-order valence-electron chi connectivity index (χ3n) is 4.61. The van der Waals surface area contributed by atoms with Gasteiger partial charge in [-0.2, -0.15) is 5.48 Å². The number of carbonyl (C=O) groups excluding carboxylic acids is 1. The maximum atomic E-state index is 12.2. The van der Waals surface area contributed by atoms with Gasteiger partial charge in [-0.3, -0.25) is 4.98 Å². The van der Waals surface area contributed by atoms with Gasteiger partial charge >= 0.3 is 6.03 Å². The molecule has 0 saturated carbocycles. The number of hydrogen-bond donors (Lipinski definition) is 2. The summed E-state index contributed by atoms with van der Waals surface area (Å²) in [6.45, 7) is 0. The molecule has 0 aliphatic heterocycles. The molecule has 5 heteroatoms. The lowest BCUT2D eigenvalue weighted by molar-refractivity contribution is 0.188. The molecular formula is C18H19N3O2. The zero-order valence-corrected chi connectivity index (χ0v) is 12.9. The predicted molar refractivity (Wildman–Crippen MR) is 87.5 cm³/mol. The van der Waals surface area contributed by atoms with Crippen molar-refractivity contribution in [2.45, 2.75) is 38.5 Å². The number of benzene rings is 1. The largest absolute Gasteiger partial charge is 0.376 e. The Kier molecular flexibility index (Phi) is 3.61. The second kappa shape index (κ2) is 5.91. The summed E-state index contributed by atoms with van der Waals surface area (Å²) in [6, 6.07) is 5.50. The average molecular weight is 309 g/mol. The van der Waals surface area contributed by atoms with E-state index in [1.165, 1.54) is 35.1 Å². The van der Waals surface area contributed by atoms with E-state index in [4.69, 9.17) is 4.84 Å². The molecule has 4 rings (SSSR count). The molecule has 0 bridgehead atoms. The molecule has 2 aliphatic carbocycles. The zero-order valence-electron chi connectivity index (χ0n) is 12.9. The predicted octanol–water partition coefficient (Wildman–Crippen LogP) is 3.17. The van der Waals surface area contributed by atoms with Gasteiger partial charge in [-0.15, -0.1) is 0 Å². The number of nitrogens with zero attached hydrogens (tertiary/aromatic N) is 1. The molecule has 2 aromatic rings. The lowest BCUT2D eigenvalue weighted by Crippen LogP contribution is -2.32. The van der Waals surface area contributed by atoms with Crippen molar-refractivity contribution >= 4 is 11.7 Å². The number of pyridine rings is 1. The van der Waals surface area contributed by atoms with Crippen LogP contribution in [0.4, 0.5) is 10.5 Å². The fourth-order valence-electron chi connectivity index (χ4n) is 3.62. The number of carbonyl (C=O) groups is 1. The number of urea groups is 1. The Morgan fingerprint density at radius 3 is 2.48 bits per heavy atom. The quantitative estimate of drug-likeness (QED) is 0.856. The van der Waals surface area contributed by atoms with Crippen molar-refractivity contribution in [3.05, 3.63) is 52.8 Å². The van der Waals surface area contributed by atoms with Gasteiger partial charge < -0.3 is 10.2 Å². The van der Waals surface area contributed by atoms with Gasteiger partial charge in [-0.25, -0.2) is 4.79 Å². The minimum atomic E-state index is -0.344. The van der Waals surface area contributed by atoms with Gasteiger partial charge in [0.05, 0.1) is 6.20 Å². The van der Waals surface area contributed by atoms with Crippen molar-refractivity contribution in [2.24, 2.45) is 0 Å². The van der Waals surface area contributed by atoms with Gasteiger partial charge in [0.2, 0.25) is 0 Å². The molecule has 5 nitrogen and oxygen atoms in total. The number of amides is 2. The molecule has 2 aliphatic rings. The first-order valence-corrected chi connectivity index (χ1v) is 8.11. The summed E-state index contributed by atoms with van der Waals surface area (Å²) in [6.07, 6.45) is 9.86. The van der Waals surface area contributed by atoms with E-state index in [0.717, 1.165) is 31.4 Å². The highest BCUT2D eigenvalue weighted by molar-refractivity contribution is 5.91. The molecule has 1 aromatic heterocycles. The number of fused-ring (bicyclic) bond motifs is 2. The Bertz CT molecular complexity index is 711. The molecule has 2 amide bonds. The van der Waals surface area contributed by atoms with Crippen LogP contribution in [0, 0.1) is 0 Å². The Labute approximate surface area is 135 Å². The van der Waals surface area contributed by atoms with Crippen LogP contribution in [0.5, 0.6) is 5.75 Å². The van der Waals surface area contributed by atoms with Crippen molar-refractivity contribution in [1.82, 2.24) is 10.5 Å². The van der Waals surface area contributed by atoms with Gasteiger partial charge in [0.25, 0.3) is 0 Å². The lowest BCUT2D eigenvalue weighted by atomic mass is 9.99. The fourth-order valence-corrected chi connectivity index (χ4v) is 3.62. The van der Waals surface area contributed by atoms with E-state index in [-0.39, 0.29) is 6.03 Å². The Hall–Kier alpha value is -2.56. The summed E-state index contributed by atoms with van der Waals surface area (Å²) >= 11 is 0. The first-order valence-electron chi connectivity index (χ1n) is 8.11. The smallest absolute Gasteiger partial charge is 0.352 e. The summed E-state index contributed by atoms with van der Waals surface area (Å²) in [4.78, 5) is 21.4. The van der Waals surface area contributed by atoms with Crippen molar-refractivity contribution < 1.29 is 9.63 Å². The molecule has 0 unspecified atom stereocenters. The molecule has 2 N–H and O–H groups in total. The Morgan fingerprint density at radius 1 is 1.09 bits per heavy atom. The highest BCUT2D eigenvalue weighted by Gasteiger charge is 2.24. The molecular weight excluding hydrogens is 290 g/mol. The second-order valence-corrected chi connectivity index (χ2v) is 6.08. The average Bonchev–Trinajstić information content (AvgIpc) is 3.22. The van der Waals surface area contributed by atoms with E-state index in [9.17, 15) is 4.79 Å². The number of hydroxylamine groups is 1. The highest BCUT2D eigenvalue weighted by Crippen LogP contribution is 2.38. The first-order chi connectivity index (χ1) is 11.3. The number of nitrogens with one attached hydrogen (secondary N) is 2. The molecule has 1 heterocycles. The first kappa shape index (κ1) is 14.1. The van der Waals surface area contributed by atoms with Crippen LogP contribution in [-0.4, -0.2) is 11.0 Å². The van der Waals surface area contributed by atoms with Gasteiger partial charge in [-0.05, 0) is 72.9 Å². The fraction of sp³-hybridized carbons (Fsp3) is 0.333. The molecule has 0 atom stereocenters. The van der Waals surface area contributed by atoms with Crippen LogP contribution >= 0.6 is 0 Å². The number of anilines is 1. The van der Waals surface area contributed by atoms with Gasteiger partial charge in [0, 0.05) is 11.9 Å². The van der Waals surface area contributed by atoms with Crippen LogP contribution in [0.2, 0.25) is 0 Å². The van der Waals surface area contributed by atoms with Crippen LogP contribution < -0.4 is 15.6 Å². The van der Waals surface area contributed by atoms with E-state index >= 15 is 0 Å². The maximum Gasteiger partial charge on any atom is 0.352 e. The molecule has 0 spiro atoms. The second-order valence-electron chi connectivity index (χ2n) is 6.08. The van der Waals surface area contributed by atoms with Crippen molar-refractivity contribution in [2.75, 3.05) is 5.32 Å². The Balaban J connectivity index is 1.51. The number of aryl methyl sites for hydroxylation is 2.